The van der Waals surface area contributed by atoms with E-state index in [1.807, 2.05) is 24.4 Å². The molecule has 0 amide bonds. The van der Waals surface area contributed by atoms with Crippen LogP contribution in [0.15, 0.2) is 64.4 Å². The van der Waals surface area contributed by atoms with Gasteiger partial charge in [-0.3, -0.25) is 15.1 Å². The molecule has 0 saturated carbocycles. The van der Waals surface area contributed by atoms with E-state index >= 15 is 0 Å². The lowest BCUT2D eigenvalue weighted by molar-refractivity contribution is -0.385. The summed E-state index contributed by atoms with van der Waals surface area (Å²) in [6, 6.07) is 10.6. The largest absolute Gasteiger partial charge is 0.450 e. The third kappa shape index (κ3) is 5.45. The molecule has 10 heteroatoms. The topological polar surface area (TPSA) is 97.8 Å². The number of aromatic nitrogens is 1. The smallest absolute Gasteiger partial charge is 0.270 e. The maximum Gasteiger partial charge on any atom is 0.270 e. The monoisotopic (exact) mass is 459 g/mol. The van der Waals surface area contributed by atoms with E-state index in [1.165, 1.54) is 17.8 Å². The van der Waals surface area contributed by atoms with Crippen LogP contribution in [-0.2, 0) is 11.3 Å². The average molecular weight is 460 g/mol. The number of hydrogen-bond acceptors (Lipinski definition) is 8. The normalized spacial score (nSPS) is 16.2. The third-order valence-electron chi connectivity index (χ3n) is 4.90. The van der Waals surface area contributed by atoms with E-state index < -0.39 is 0 Å². The van der Waals surface area contributed by atoms with E-state index in [9.17, 15) is 10.1 Å². The molecule has 1 aromatic carbocycles. The molecule has 2 N–H and O–H groups in total. The van der Waals surface area contributed by atoms with Crippen molar-refractivity contribution in [3.05, 3.63) is 75.2 Å². The van der Waals surface area contributed by atoms with Gasteiger partial charge >= 0.3 is 0 Å². The van der Waals surface area contributed by atoms with Crippen LogP contribution in [0.1, 0.15) is 26.3 Å². The first kappa shape index (κ1) is 22.8. The molecule has 0 fully saturated rings. The first-order valence-corrected chi connectivity index (χ1v) is 11.0. The summed E-state index contributed by atoms with van der Waals surface area (Å²) in [5.74, 6) is 0.178. The summed E-state index contributed by atoms with van der Waals surface area (Å²) in [6.45, 7) is 7.16. The van der Waals surface area contributed by atoms with Crippen LogP contribution < -0.4 is 5.73 Å². The van der Waals surface area contributed by atoms with Crippen LogP contribution in [0.25, 0.3) is 0 Å². The van der Waals surface area contributed by atoms with E-state index in [1.54, 1.807) is 18.3 Å². The number of nitrogens with zero attached hydrogens (tertiary/aromatic N) is 4. The summed E-state index contributed by atoms with van der Waals surface area (Å²) in [5.41, 5.74) is 7.77. The van der Waals surface area contributed by atoms with Gasteiger partial charge in [-0.2, -0.15) is 0 Å². The van der Waals surface area contributed by atoms with Crippen molar-refractivity contribution >= 4 is 34.8 Å². The van der Waals surface area contributed by atoms with Crippen LogP contribution in [0.2, 0.25) is 0 Å². The number of non-ortho nitro benzene ring substituents is 1. The Morgan fingerprint density at radius 2 is 2.13 bits per heavy atom. The lowest BCUT2D eigenvalue weighted by Gasteiger charge is -2.32. The van der Waals surface area contributed by atoms with E-state index in [0.717, 1.165) is 21.2 Å². The highest BCUT2D eigenvalue weighted by molar-refractivity contribution is 8.03. The van der Waals surface area contributed by atoms with Crippen molar-refractivity contribution in [3.8, 4) is 0 Å². The van der Waals surface area contributed by atoms with E-state index in [4.69, 9.17) is 22.7 Å². The van der Waals surface area contributed by atoms with Gasteiger partial charge < -0.3 is 20.3 Å². The molecule has 2 aromatic rings. The van der Waals surface area contributed by atoms with Crippen molar-refractivity contribution < 1.29 is 9.66 Å². The zero-order valence-corrected chi connectivity index (χ0v) is 19.2. The molecule has 31 heavy (non-hydrogen) atoms. The van der Waals surface area contributed by atoms with E-state index in [-0.39, 0.29) is 34.6 Å². The Morgan fingerprint density at radius 1 is 1.35 bits per heavy atom. The number of rotatable bonds is 8. The SMILES string of the molecule is CC(C)C1=C(Sc2cccc([N+](=O)[O-])c2)N(Cc2cccnc2)C(C)N1COC(N)=S. The van der Waals surface area contributed by atoms with Crippen LogP contribution in [0, 0.1) is 16.0 Å². The Morgan fingerprint density at radius 3 is 2.74 bits per heavy atom. The highest BCUT2D eigenvalue weighted by Crippen LogP contribution is 2.43. The van der Waals surface area contributed by atoms with Crippen molar-refractivity contribution in [3.63, 3.8) is 0 Å². The van der Waals surface area contributed by atoms with Gasteiger partial charge in [-0.1, -0.05) is 37.7 Å². The fourth-order valence-corrected chi connectivity index (χ4v) is 4.87. The highest BCUT2D eigenvalue weighted by Gasteiger charge is 2.37. The fraction of sp³-hybridized carbons (Fsp3) is 0.333. The molecule has 8 nitrogen and oxygen atoms in total. The molecule has 1 unspecified atom stereocenters. The second kappa shape index (κ2) is 9.97. The summed E-state index contributed by atoms with van der Waals surface area (Å²) in [5, 5.41) is 12.2. The van der Waals surface area contributed by atoms with Gasteiger partial charge in [0, 0.05) is 36.0 Å². The van der Waals surface area contributed by atoms with Gasteiger partial charge in [0.1, 0.15) is 6.17 Å². The number of nitro groups is 1. The average Bonchev–Trinajstić information content (AvgIpc) is 2.98. The number of ether oxygens (including phenoxy) is 1. The van der Waals surface area contributed by atoms with Crippen molar-refractivity contribution in [2.24, 2.45) is 11.7 Å². The van der Waals surface area contributed by atoms with Crippen LogP contribution >= 0.6 is 24.0 Å². The van der Waals surface area contributed by atoms with Gasteiger partial charge in [-0.05, 0) is 42.8 Å². The van der Waals surface area contributed by atoms with E-state index in [0.29, 0.717) is 6.54 Å². The molecule has 0 bridgehead atoms. The summed E-state index contributed by atoms with van der Waals surface area (Å²) in [4.78, 5) is 20.3. The van der Waals surface area contributed by atoms with Crippen LogP contribution in [0.5, 0.6) is 0 Å². The Bertz CT molecular complexity index is 984. The van der Waals surface area contributed by atoms with Crippen LogP contribution in [0.4, 0.5) is 5.69 Å². The number of allylic oxidation sites excluding steroid dienone is 1. The minimum absolute atomic E-state index is 0.00565. The van der Waals surface area contributed by atoms with Crippen molar-refractivity contribution in [2.45, 2.75) is 38.4 Å². The lowest BCUT2D eigenvalue weighted by atomic mass is 10.1. The second-order valence-electron chi connectivity index (χ2n) is 7.38. The minimum Gasteiger partial charge on any atom is -0.450 e. The number of thioether (sulfide) groups is 1. The number of nitro benzene ring substituents is 1. The zero-order valence-electron chi connectivity index (χ0n) is 17.6. The molecule has 164 valence electrons. The molecule has 1 atom stereocenters. The molecule has 2 heterocycles. The zero-order chi connectivity index (χ0) is 22.5. The first-order chi connectivity index (χ1) is 14.8. The maximum atomic E-state index is 11.2. The van der Waals surface area contributed by atoms with E-state index in [2.05, 4.69) is 35.6 Å². The molecular weight excluding hydrogens is 434 g/mol. The van der Waals surface area contributed by atoms with Gasteiger partial charge in [0.2, 0.25) is 0 Å². The van der Waals surface area contributed by atoms with Crippen molar-refractivity contribution in [1.82, 2.24) is 14.8 Å². The molecule has 0 saturated heterocycles. The van der Waals surface area contributed by atoms with Gasteiger partial charge in [0.25, 0.3) is 10.9 Å². The van der Waals surface area contributed by atoms with Crippen molar-refractivity contribution in [2.75, 3.05) is 6.73 Å². The molecule has 1 aliphatic rings. The number of pyridine rings is 1. The molecule has 0 radical (unpaired) electrons. The molecule has 1 aromatic heterocycles. The highest BCUT2D eigenvalue weighted by atomic mass is 32.2. The summed E-state index contributed by atoms with van der Waals surface area (Å²) in [7, 11) is 0. The predicted octanol–water partition coefficient (Wildman–Crippen LogP) is 4.29. The minimum atomic E-state index is -0.380. The summed E-state index contributed by atoms with van der Waals surface area (Å²) in [6.07, 6.45) is 3.55. The van der Waals surface area contributed by atoms with Gasteiger partial charge in [0.15, 0.2) is 6.73 Å². The number of benzene rings is 1. The lowest BCUT2D eigenvalue weighted by Crippen LogP contribution is -2.40. The van der Waals surface area contributed by atoms with Gasteiger partial charge in [0.05, 0.1) is 15.6 Å². The Labute approximate surface area is 191 Å². The van der Waals surface area contributed by atoms with Crippen LogP contribution in [0.3, 0.4) is 0 Å². The number of thiocarbonyl (C=S) groups is 1. The molecule has 0 spiro atoms. The van der Waals surface area contributed by atoms with Crippen LogP contribution in [-0.4, -0.2) is 37.8 Å². The standard InChI is InChI=1S/C21H25N5O3S2/c1-14(2)19-20(31-18-8-4-7-17(10-18)26(27)28)24(12-16-6-5-9-23-11-16)15(3)25(19)13-29-21(22)30/h4-11,14-15H,12-13H2,1-3H3,(H2,22,30). The quantitative estimate of drug-likeness (QED) is 0.352. The van der Waals surface area contributed by atoms with Gasteiger partial charge in [-0.25, -0.2) is 0 Å². The number of nitrogens with two attached hydrogens (primary N) is 1. The van der Waals surface area contributed by atoms with Crippen molar-refractivity contribution in [1.29, 1.82) is 0 Å². The molecule has 3 rings (SSSR count). The molecular formula is C21H25N5O3S2. The summed E-state index contributed by atoms with van der Waals surface area (Å²) < 4.78 is 5.49. The Hall–Kier alpha value is -2.85. The fourth-order valence-electron chi connectivity index (χ4n) is 3.47. The maximum absolute atomic E-state index is 11.2. The Kier molecular flexibility index (Phi) is 7.34. The predicted molar refractivity (Wildman–Crippen MR) is 125 cm³/mol. The third-order valence-corrected chi connectivity index (χ3v) is 6.15. The van der Waals surface area contributed by atoms with Gasteiger partial charge in [-0.15, -0.1) is 0 Å². The second-order valence-corrected chi connectivity index (χ2v) is 8.85. The number of hydrogen-bond donors (Lipinski definition) is 1. The Balaban J connectivity index is 2.01. The first-order valence-electron chi connectivity index (χ1n) is 9.78. The molecule has 0 aliphatic carbocycles. The summed E-state index contributed by atoms with van der Waals surface area (Å²) >= 11 is 6.41. The molecule has 1 aliphatic heterocycles.